The van der Waals surface area contributed by atoms with Crippen LogP contribution in [-0.4, -0.2) is 25.2 Å². The van der Waals surface area contributed by atoms with E-state index in [1.807, 2.05) is 27.8 Å². The molecule has 0 amide bonds. The van der Waals surface area contributed by atoms with Gasteiger partial charge in [0, 0.05) is 6.04 Å². The van der Waals surface area contributed by atoms with Crippen LogP contribution in [0.15, 0.2) is 0 Å². The molecule has 2 unspecified atom stereocenters. The zero-order valence-corrected chi connectivity index (χ0v) is 8.39. The van der Waals surface area contributed by atoms with Crippen molar-refractivity contribution in [2.45, 2.75) is 45.8 Å². The summed E-state index contributed by atoms with van der Waals surface area (Å²) in [5, 5.41) is 2.99. The summed E-state index contributed by atoms with van der Waals surface area (Å²) in [6.45, 7) is 5.86. The molecule has 12 heavy (non-hydrogen) atoms. The SMILES string of the molecule is CCC(C)OC(=O)CC(C)NC. The van der Waals surface area contributed by atoms with Crippen molar-refractivity contribution in [2.75, 3.05) is 7.05 Å². The van der Waals surface area contributed by atoms with Gasteiger partial charge in [0.1, 0.15) is 0 Å². The lowest BCUT2D eigenvalue weighted by Gasteiger charge is -2.13. The van der Waals surface area contributed by atoms with Crippen LogP contribution in [0.25, 0.3) is 0 Å². The van der Waals surface area contributed by atoms with Crippen LogP contribution < -0.4 is 5.32 Å². The summed E-state index contributed by atoms with van der Waals surface area (Å²) in [5.74, 6) is -0.119. The monoisotopic (exact) mass is 173 g/mol. The van der Waals surface area contributed by atoms with Crippen molar-refractivity contribution < 1.29 is 9.53 Å². The molecule has 0 heterocycles. The standard InChI is InChI=1S/C9H19NO2/c1-5-8(3)12-9(11)6-7(2)10-4/h7-8,10H,5-6H2,1-4H3. The second kappa shape index (κ2) is 6.00. The Labute approximate surface area is 74.5 Å². The molecule has 0 saturated heterocycles. The number of esters is 1. The molecule has 72 valence electrons. The predicted octanol–water partition coefficient (Wildman–Crippen LogP) is 1.33. The number of ether oxygens (including phenoxy) is 1. The quantitative estimate of drug-likeness (QED) is 0.637. The first-order valence-corrected chi connectivity index (χ1v) is 4.46. The third kappa shape index (κ3) is 5.13. The Morgan fingerprint density at radius 3 is 2.50 bits per heavy atom. The summed E-state index contributed by atoms with van der Waals surface area (Å²) in [7, 11) is 1.83. The molecule has 0 radical (unpaired) electrons. The van der Waals surface area contributed by atoms with Gasteiger partial charge in [-0.25, -0.2) is 0 Å². The summed E-state index contributed by atoms with van der Waals surface area (Å²) in [5.41, 5.74) is 0. The lowest BCUT2D eigenvalue weighted by molar-refractivity contribution is -0.148. The van der Waals surface area contributed by atoms with Gasteiger partial charge in [-0.2, -0.15) is 0 Å². The maximum Gasteiger partial charge on any atom is 0.307 e. The Balaban J connectivity index is 3.59. The van der Waals surface area contributed by atoms with E-state index in [0.717, 1.165) is 6.42 Å². The molecule has 0 aromatic rings. The van der Waals surface area contributed by atoms with Crippen molar-refractivity contribution in [1.29, 1.82) is 0 Å². The fourth-order valence-electron chi connectivity index (χ4n) is 0.708. The first-order chi connectivity index (χ1) is 5.60. The van der Waals surface area contributed by atoms with Gasteiger partial charge in [0.05, 0.1) is 12.5 Å². The maximum atomic E-state index is 11.1. The second-order valence-electron chi connectivity index (χ2n) is 3.10. The molecule has 1 N–H and O–H groups in total. The predicted molar refractivity (Wildman–Crippen MR) is 49.0 cm³/mol. The van der Waals surface area contributed by atoms with Crippen LogP contribution in [0.4, 0.5) is 0 Å². The fraction of sp³-hybridized carbons (Fsp3) is 0.889. The van der Waals surface area contributed by atoms with Gasteiger partial charge in [-0.05, 0) is 27.3 Å². The molecule has 3 heteroatoms. The Morgan fingerprint density at radius 2 is 2.08 bits per heavy atom. The number of carbonyl (C=O) groups is 1. The zero-order valence-electron chi connectivity index (χ0n) is 8.39. The van der Waals surface area contributed by atoms with E-state index in [4.69, 9.17) is 4.74 Å². The maximum absolute atomic E-state index is 11.1. The Bertz CT molecular complexity index is 122. The van der Waals surface area contributed by atoms with E-state index in [-0.39, 0.29) is 18.1 Å². The highest BCUT2D eigenvalue weighted by Crippen LogP contribution is 2.00. The number of hydrogen-bond acceptors (Lipinski definition) is 3. The van der Waals surface area contributed by atoms with Crippen LogP contribution in [0.2, 0.25) is 0 Å². The van der Waals surface area contributed by atoms with Crippen LogP contribution in [0.1, 0.15) is 33.6 Å². The van der Waals surface area contributed by atoms with E-state index in [1.54, 1.807) is 0 Å². The number of rotatable bonds is 5. The van der Waals surface area contributed by atoms with Crippen molar-refractivity contribution >= 4 is 5.97 Å². The molecular formula is C9H19NO2. The Kier molecular flexibility index (Phi) is 5.72. The van der Waals surface area contributed by atoms with Gasteiger partial charge >= 0.3 is 5.97 Å². The minimum absolute atomic E-state index is 0.0431. The molecule has 0 aliphatic heterocycles. The lowest BCUT2D eigenvalue weighted by Crippen LogP contribution is -2.26. The fourth-order valence-corrected chi connectivity index (χ4v) is 0.708. The first kappa shape index (κ1) is 11.4. The van der Waals surface area contributed by atoms with Crippen LogP contribution in [0.3, 0.4) is 0 Å². The highest BCUT2D eigenvalue weighted by atomic mass is 16.5. The molecule has 0 aromatic heterocycles. The molecule has 0 saturated carbocycles. The van der Waals surface area contributed by atoms with E-state index in [2.05, 4.69) is 5.32 Å². The van der Waals surface area contributed by atoms with Crippen molar-refractivity contribution in [3.05, 3.63) is 0 Å². The van der Waals surface area contributed by atoms with Gasteiger partial charge in [0.15, 0.2) is 0 Å². The molecule has 0 fully saturated rings. The topological polar surface area (TPSA) is 38.3 Å². The third-order valence-corrected chi connectivity index (χ3v) is 1.87. The molecule has 0 aliphatic carbocycles. The largest absolute Gasteiger partial charge is 0.463 e. The number of hydrogen-bond donors (Lipinski definition) is 1. The highest BCUT2D eigenvalue weighted by Gasteiger charge is 2.10. The van der Waals surface area contributed by atoms with E-state index < -0.39 is 0 Å². The van der Waals surface area contributed by atoms with Crippen molar-refractivity contribution in [2.24, 2.45) is 0 Å². The van der Waals surface area contributed by atoms with Crippen molar-refractivity contribution in [1.82, 2.24) is 5.32 Å². The summed E-state index contributed by atoms with van der Waals surface area (Å²) < 4.78 is 5.09. The minimum atomic E-state index is -0.119. The van der Waals surface area contributed by atoms with E-state index in [0.29, 0.717) is 6.42 Å². The van der Waals surface area contributed by atoms with Crippen LogP contribution >= 0.6 is 0 Å². The van der Waals surface area contributed by atoms with Crippen LogP contribution in [0.5, 0.6) is 0 Å². The molecule has 0 rings (SSSR count). The van der Waals surface area contributed by atoms with Crippen molar-refractivity contribution in [3.8, 4) is 0 Å². The first-order valence-electron chi connectivity index (χ1n) is 4.46. The van der Waals surface area contributed by atoms with E-state index in [1.165, 1.54) is 0 Å². The average Bonchev–Trinajstić information content (AvgIpc) is 2.03. The van der Waals surface area contributed by atoms with Gasteiger partial charge in [-0.3, -0.25) is 4.79 Å². The molecular weight excluding hydrogens is 154 g/mol. The lowest BCUT2D eigenvalue weighted by atomic mass is 10.2. The summed E-state index contributed by atoms with van der Waals surface area (Å²) in [6, 6.07) is 0.196. The molecule has 3 nitrogen and oxygen atoms in total. The smallest absolute Gasteiger partial charge is 0.307 e. The number of nitrogens with one attached hydrogen (secondary N) is 1. The van der Waals surface area contributed by atoms with Crippen molar-refractivity contribution in [3.63, 3.8) is 0 Å². The minimum Gasteiger partial charge on any atom is -0.463 e. The highest BCUT2D eigenvalue weighted by molar-refractivity contribution is 5.70. The van der Waals surface area contributed by atoms with Gasteiger partial charge in [0.2, 0.25) is 0 Å². The van der Waals surface area contributed by atoms with Crippen LogP contribution in [-0.2, 0) is 9.53 Å². The Morgan fingerprint density at radius 1 is 1.50 bits per heavy atom. The summed E-state index contributed by atoms with van der Waals surface area (Å²) in [4.78, 5) is 11.1. The molecule has 0 bridgehead atoms. The third-order valence-electron chi connectivity index (χ3n) is 1.87. The zero-order chi connectivity index (χ0) is 9.56. The number of carbonyl (C=O) groups excluding carboxylic acids is 1. The van der Waals surface area contributed by atoms with E-state index in [9.17, 15) is 4.79 Å². The van der Waals surface area contributed by atoms with Gasteiger partial charge in [-0.1, -0.05) is 6.92 Å². The Hall–Kier alpha value is -0.570. The van der Waals surface area contributed by atoms with Gasteiger partial charge in [-0.15, -0.1) is 0 Å². The molecule has 2 atom stereocenters. The molecule has 0 spiro atoms. The van der Waals surface area contributed by atoms with Crippen LogP contribution in [0, 0.1) is 0 Å². The summed E-state index contributed by atoms with van der Waals surface area (Å²) >= 11 is 0. The van der Waals surface area contributed by atoms with Gasteiger partial charge < -0.3 is 10.1 Å². The normalized spacial score (nSPS) is 15.3. The van der Waals surface area contributed by atoms with Gasteiger partial charge in [0.25, 0.3) is 0 Å². The average molecular weight is 173 g/mol. The molecule has 0 aromatic carbocycles. The summed E-state index contributed by atoms with van der Waals surface area (Å²) in [6.07, 6.45) is 1.36. The molecule has 0 aliphatic rings. The van der Waals surface area contributed by atoms with E-state index >= 15 is 0 Å². The second-order valence-corrected chi connectivity index (χ2v) is 3.10.